The predicted molar refractivity (Wildman–Crippen MR) is 95.7 cm³/mol. The maximum atomic E-state index is 12.6. The number of aryl methyl sites for hydroxylation is 2. The molecule has 3 heterocycles. The van der Waals surface area contributed by atoms with E-state index in [1.54, 1.807) is 6.20 Å². The molecule has 0 N–H and O–H groups in total. The summed E-state index contributed by atoms with van der Waals surface area (Å²) in [4.78, 5) is 27.4. The molecule has 3 rings (SSSR count). The highest BCUT2D eigenvalue weighted by Crippen LogP contribution is 2.14. The molecule has 0 spiro atoms. The molecule has 134 valence electrons. The van der Waals surface area contributed by atoms with Gasteiger partial charge in [-0.15, -0.1) is 0 Å². The van der Waals surface area contributed by atoms with Crippen LogP contribution in [0.3, 0.4) is 0 Å². The van der Waals surface area contributed by atoms with Crippen molar-refractivity contribution in [3.8, 4) is 0 Å². The highest BCUT2D eigenvalue weighted by atomic mass is 16.4. The Hall–Kier alpha value is -2.41. The second kappa shape index (κ2) is 7.23. The number of hydrogen-bond donors (Lipinski definition) is 0. The number of carbonyl (C=O) groups is 1. The molecule has 0 atom stereocenters. The summed E-state index contributed by atoms with van der Waals surface area (Å²) in [5, 5.41) is 0. The number of piperazine rings is 1. The third-order valence-corrected chi connectivity index (χ3v) is 4.54. The molecule has 2 aromatic rings. The van der Waals surface area contributed by atoms with Gasteiger partial charge in [0.05, 0.1) is 17.8 Å². The zero-order valence-corrected chi connectivity index (χ0v) is 15.3. The summed E-state index contributed by atoms with van der Waals surface area (Å²) in [5.41, 5.74) is 1.58. The first-order valence-electron chi connectivity index (χ1n) is 8.52. The van der Waals surface area contributed by atoms with Gasteiger partial charge >= 0.3 is 0 Å². The van der Waals surface area contributed by atoms with E-state index in [0.29, 0.717) is 25.2 Å². The van der Waals surface area contributed by atoms with Gasteiger partial charge in [-0.1, -0.05) is 0 Å². The second-order valence-electron chi connectivity index (χ2n) is 6.62. The molecular formula is C18H25N5O2. The van der Waals surface area contributed by atoms with Gasteiger partial charge in [-0.25, -0.2) is 9.97 Å². The summed E-state index contributed by atoms with van der Waals surface area (Å²) in [6.45, 7) is 7.60. The van der Waals surface area contributed by atoms with Crippen LogP contribution in [0.1, 0.15) is 27.7 Å². The van der Waals surface area contributed by atoms with Crippen LogP contribution in [0.2, 0.25) is 0 Å². The first-order chi connectivity index (χ1) is 11.9. The summed E-state index contributed by atoms with van der Waals surface area (Å²) in [5.74, 6) is 2.51. The Balaban J connectivity index is 1.55. The van der Waals surface area contributed by atoms with Gasteiger partial charge in [-0.3, -0.25) is 9.69 Å². The maximum absolute atomic E-state index is 12.6. The van der Waals surface area contributed by atoms with E-state index >= 15 is 0 Å². The van der Waals surface area contributed by atoms with Crippen LogP contribution >= 0.6 is 0 Å². The van der Waals surface area contributed by atoms with E-state index in [-0.39, 0.29) is 5.91 Å². The lowest BCUT2D eigenvalue weighted by atomic mass is 10.2. The Morgan fingerprint density at radius 1 is 1.20 bits per heavy atom. The van der Waals surface area contributed by atoms with Crippen molar-refractivity contribution >= 4 is 11.7 Å². The molecule has 1 aliphatic rings. The quantitative estimate of drug-likeness (QED) is 0.842. The van der Waals surface area contributed by atoms with Gasteiger partial charge in [0.2, 0.25) is 5.89 Å². The minimum atomic E-state index is 0.0419. The van der Waals surface area contributed by atoms with E-state index < -0.39 is 0 Å². The standard InChI is InChI=1S/C18H25N5O2/c1-13-14(2)25-17(20-13)12-22-7-9-23(10-8-22)18(24)15-5-6-16(19-11-15)21(3)4/h5-6,11H,7-10,12H2,1-4H3. The molecule has 0 unspecified atom stereocenters. The first kappa shape index (κ1) is 17.4. The summed E-state index contributed by atoms with van der Waals surface area (Å²) in [6, 6.07) is 3.71. The normalized spacial score (nSPS) is 15.4. The fourth-order valence-electron chi connectivity index (χ4n) is 2.87. The van der Waals surface area contributed by atoms with E-state index in [4.69, 9.17) is 4.42 Å². The topological polar surface area (TPSA) is 65.7 Å². The minimum Gasteiger partial charge on any atom is -0.444 e. The number of nitrogens with zero attached hydrogens (tertiary/aromatic N) is 5. The van der Waals surface area contributed by atoms with Gasteiger partial charge in [0, 0.05) is 46.5 Å². The summed E-state index contributed by atoms with van der Waals surface area (Å²) < 4.78 is 5.65. The Bertz CT molecular complexity index is 711. The Labute approximate surface area is 148 Å². The molecule has 0 aromatic carbocycles. The molecule has 1 saturated heterocycles. The molecule has 1 amide bonds. The average Bonchev–Trinajstić information content (AvgIpc) is 2.92. The molecule has 0 saturated carbocycles. The van der Waals surface area contributed by atoms with E-state index in [2.05, 4.69) is 14.9 Å². The zero-order chi connectivity index (χ0) is 18.0. The maximum Gasteiger partial charge on any atom is 0.255 e. The van der Waals surface area contributed by atoms with Crippen molar-refractivity contribution in [1.29, 1.82) is 0 Å². The van der Waals surface area contributed by atoms with Crippen LogP contribution in [-0.4, -0.2) is 65.9 Å². The Morgan fingerprint density at radius 3 is 2.44 bits per heavy atom. The number of amides is 1. The van der Waals surface area contributed by atoms with Crippen molar-refractivity contribution in [3.05, 3.63) is 41.2 Å². The molecule has 2 aromatic heterocycles. The van der Waals surface area contributed by atoms with Crippen molar-refractivity contribution in [2.75, 3.05) is 45.2 Å². The van der Waals surface area contributed by atoms with Crippen LogP contribution in [0.5, 0.6) is 0 Å². The third kappa shape index (κ3) is 3.99. The fourth-order valence-corrected chi connectivity index (χ4v) is 2.87. The van der Waals surface area contributed by atoms with Crippen molar-refractivity contribution in [2.45, 2.75) is 20.4 Å². The van der Waals surface area contributed by atoms with Crippen LogP contribution in [0.15, 0.2) is 22.7 Å². The van der Waals surface area contributed by atoms with Crippen LogP contribution in [0, 0.1) is 13.8 Å². The van der Waals surface area contributed by atoms with Crippen LogP contribution in [0.25, 0.3) is 0 Å². The molecule has 25 heavy (non-hydrogen) atoms. The molecule has 1 fully saturated rings. The number of rotatable bonds is 4. The summed E-state index contributed by atoms with van der Waals surface area (Å²) in [6.07, 6.45) is 1.66. The van der Waals surface area contributed by atoms with Crippen molar-refractivity contribution in [1.82, 2.24) is 19.8 Å². The van der Waals surface area contributed by atoms with Crippen molar-refractivity contribution in [2.24, 2.45) is 0 Å². The Morgan fingerprint density at radius 2 is 1.92 bits per heavy atom. The minimum absolute atomic E-state index is 0.0419. The summed E-state index contributed by atoms with van der Waals surface area (Å²) in [7, 11) is 3.86. The number of aromatic nitrogens is 2. The monoisotopic (exact) mass is 343 g/mol. The molecule has 7 nitrogen and oxygen atoms in total. The number of pyridine rings is 1. The lowest BCUT2D eigenvalue weighted by Crippen LogP contribution is -2.48. The molecule has 0 bridgehead atoms. The van der Waals surface area contributed by atoms with E-state index in [0.717, 1.165) is 36.3 Å². The number of hydrogen-bond acceptors (Lipinski definition) is 6. The van der Waals surface area contributed by atoms with Crippen LogP contribution in [-0.2, 0) is 6.54 Å². The van der Waals surface area contributed by atoms with Crippen LogP contribution in [0.4, 0.5) is 5.82 Å². The average molecular weight is 343 g/mol. The molecule has 1 aliphatic heterocycles. The third-order valence-electron chi connectivity index (χ3n) is 4.54. The van der Waals surface area contributed by atoms with Gasteiger partial charge in [0.25, 0.3) is 5.91 Å². The van der Waals surface area contributed by atoms with Crippen molar-refractivity contribution in [3.63, 3.8) is 0 Å². The second-order valence-corrected chi connectivity index (χ2v) is 6.62. The van der Waals surface area contributed by atoms with E-state index in [9.17, 15) is 4.79 Å². The highest BCUT2D eigenvalue weighted by molar-refractivity contribution is 5.94. The smallest absolute Gasteiger partial charge is 0.255 e. The lowest BCUT2D eigenvalue weighted by Gasteiger charge is -2.34. The zero-order valence-electron chi connectivity index (χ0n) is 15.3. The highest BCUT2D eigenvalue weighted by Gasteiger charge is 2.23. The van der Waals surface area contributed by atoms with Gasteiger partial charge in [0.15, 0.2) is 0 Å². The fraction of sp³-hybridized carbons (Fsp3) is 0.500. The van der Waals surface area contributed by atoms with Crippen molar-refractivity contribution < 1.29 is 9.21 Å². The SMILES string of the molecule is Cc1nc(CN2CCN(C(=O)c3ccc(N(C)C)nc3)CC2)oc1C. The Kier molecular flexibility index (Phi) is 5.03. The van der Waals surface area contributed by atoms with E-state index in [1.807, 2.05) is 49.9 Å². The van der Waals surface area contributed by atoms with E-state index in [1.165, 1.54) is 0 Å². The number of oxazole rings is 1. The van der Waals surface area contributed by atoms with Gasteiger partial charge in [0.1, 0.15) is 11.6 Å². The molecular weight excluding hydrogens is 318 g/mol. The predicted octanol–water partition coefficient (Wildman–Crippen LogP) is 1.71. The lowest BCUT2D eigenvalue weighted by molar-refractivity contribution is 0.0617. The molecule has 0 aliphatic carbocycles. The molecule has 0 radical (unpaired) electrons. The first-order valence-corrected chi connectivity index (χ1v) is 8.52. The number of anilines is 1. The number of carbonyl (C=O) groups excluding carboxylic acids is 1. The van der Waals surface area contributed by atoms with Crippen LogP contribution < -0.4 is 4.90 Å². The largest absolute Gasteiger partial charge is 0.444 e. The molecule has 7 heteroatoms. The van der Waals surface area contributed by atoms with Gasteiger partial charge in [-0.2, -0.15) is 0 Å². The summed E-state index contributed by atoms with van der Waals surface area (Å²) >= 11 is 0. The van der Waals surface area contributed by atoms with Gasteiger partial charge < -0.3 is 14.2 Å². The van der Waals surface area contributed by atoms with Gasteiger partial charge in [-0.05, 0) is 26.0 Å².